The molecule has 1 aliphatic rings. The summed E-state index contributed by atoms with van der Waals surface area (Å²) in [6.07, 6.45) is -16.0. The number of nitrogens with zero attached hydrogens (tertiary/aromatic N) is 5. The minimum Gasteiger partial charge on any atom is -0.550 e. The van der Waals surface area contributed by atoms with Crippen LogP contribution in [0.25, 0.3) is 11.2 Å². The monoisotopic (exact) mass is 636 g/mol. The van der Waals surface area contributed by atoms with Crippen LogP contribution in [0.2, 0.25) is 0 Å². The highest BCUT2D eigenvalue weighted by Gasteiger charge is 2.68. The van der Waals surface area contributed by atoms with Crippen LogP contribution in [0.3, 0.4) is 0 Å². The summed E-state index contributed by atoms with van der Waals surface area (Å²) < 4.78 is 44.7. The van der Waals surface area contributed by atoms with Crippen LogP contribution in [0, 0.1) is 0 Å². The zero-order chi connectivity index (χ0) is 32.5. The average molecular weight is 637 g/mol. The van der Waals surface area contributed by atoms with Gasteiger partial charge in [-0.25, -0.2) is 15.0 Å². The van der Waals surface area contributed by atoms with E-state index in [1.807, 2.05) is 0 Å². The molecule has 3 N–H and O–H groups in total. The van der Waals surface area contributed by atoms with Crippen molar-refractivity contribution in [3.05, 3.63) is 6.33 Å². The lowest BCUT2D eigenvalue weighted by Crippen LogP contribution is -2.63. The third-order valence-corrected chi connectivity index (χ3v) is 7.51. The van der Waals surface area contributed by atoms with Crippen LogP contribution in [-0.4, -0.2) is 101 Å². The van der Waals surface area contributed by atoms with Crippen molar-refractivity contribution in [3.8, 4) is 0 Å². The number of ether oxygens (including phenoxy) is 1. The fourth-order valence-corrected chi connectivity index (χ4v) is 5.64. The first-order valence-corrected chi connectivity index (χ1v) is 13.4. The van der Waals surface area contributed by atoms with Crippen molar-refractivity contribution in [1.29, 1.82) is 0 Å². The second kappa shape index (κ2) is 12.6. The van der Waals surface area contributed by atoms with E-state index < -0.39 is 91.1 Å². The van der Waals surface area contributed by atoms with E-state index in [-0.39, 0.29) is 28.7 Å². The van der Waals surface area contributed by atoms with Gasteiger partial charge in [0.1, 0.15) is 17.3 Å². The summed E-state index contributed by atoms with van der Waals surface area (Å²) in [6, 6.07) is 0. The summed E-state index contributed by atoms with van der Waals surface area (Å²) in [5.41, 5.74) is -7.04. The van der Waals surface area contributed by atoms with Gasteiger partial charge in [0, 0.05) is 56.4 Å². The summed E-state index contributed by atoms with van der Waals surface area (Å²) in [4.78, 5) is 60.2. The molecule has 20 heteroatoms. The van der Waals surface area contributed by atoms with Crippen LogP contribution in [-0.2, 0) is 23.9 Å². The largest absolute Gasteiger partial charge is 0.550 e. The number of amides is 1. The summed E-state index contributed by atoms with van der Waals surface area (Å²) in [5, 5.41) is 67.7. The predicted octanol–water partition coefficient (Wildman–Crippen LogP) is -3.62. The van der Waals surface area contributed by atoms with Crippen molar-refractivity contribution < 1.29 is 67.7 Å². The summed E-state index contributed by atoms with van der Waals surface area (Å²) in [6.45, 7) is 2.70. The van der Waals surface area contributed by atoms with Gasteiger partial charge in [0.25, 0.3) is 0 Å². The Balaban J connectivity index is 2.28. The number of carboxylic acid groups (broad SMARTS) is 3. The smallest absolute Gasteiger partial charge is 0.389 e. The summed E-state index contributed by atoms with van der Waals surface area (Å²) in [7, 11) is 0. The van der Waals surface area contributed by atoms with E-state index in [0.717, 1.165) is 22.7 Å². The Kier molecular flexibility index (Phi) is 9.91. The Morgan fingerprint density at radius 1 is 1.12 bits per heavy atom. The number of aromatic nitrogens is 4. The van der Waals surface area contributed by atoms with Gasteiger partial charge in [-0.15, -0.1) is 0 Å². The fourth-order valence-electron chi connectivity index (χ4n) is 4.83. The van der Waals surface area contributed by atoms with Crippen LogP contribution in [0.5, 0.6) is 0 Å². The van der Waals surface area contributed by atoms with E-state index in [9.17, 15) is 63.0 Å². The molecule has 3 heterocycles. The molecule has 43 heavy (non-hydrogen) atoms. The number of carboxylic acids is 3. The SMILES string of the molecule is CCN(C(C)=O)c1nc(SCCC(F)(F)F)nc2c1ncn2[C@@H]1O[C@H](C(O)CC(=O)[O-])[C@](O)(CC(=O)[O-])[C@]1(O)CC(=O)[O-]. The molecule has 0 radical (unpaired) electrons. The van der Waals surface area contributed by atoms with E-state index in [0.29, 0.717) is 11.8 Å². The van der Waals surface area contributed by atoms with Gasteiger partial charge in [-0.2, -0.15) is 13.2 Å². The number of aliphatic hydroxyl groups is 3. The molecule has 2 aromatic rings. The van der Waals surface area contributed by atoms with Gasteiger partial charge in [-0.3, -0.25) is 14.3 Å². The van der Waals surface area contributed by atoms with Crippen molar-refractivity contribution in [2.75, 3.05) is 17.2 Å². The molecular formula is C23H25F3N5O11S-3. The number of hydrogen-bond acceptors (Lipinski definition) is 15. The molecule has 1 unspecified atom stereocenters. The number of rotatable bonds is 13. The third kappa shape index (κ3) is 6.98. The van der Waals surface area contributed by atoms with Gasteiger partial charge in [-0.05, 0) is 6.92 Å². The van der Waals surface area contributed by atoms with Gasteiger partial charge in [0.2, 0.25) is 5.91 Å². The van der Waals surface area contributed by atoms with Crippen LogP contribution in [0.1, 0.15) is 45.8 Å². The maximum Gasteiger partial charge on any atom is 0.389 e. The lowest BCUT2D eigenvalue weighted by molar-refractivity contribution is -0.321. The number of alkyl halides is 3. The normalized spacial score (nSPS) is 24.7. The maximum atomic E-state index is 12.8. The minimum absolute atomic E-state index is 0.00162. The van der Waals surface area contributed by atoms with Crippen LogP contribution in [0.15, 0.2) is 11.5 Å². The van der Waals surface area contributed by atoms with Crippen LogP contribution < -0.4 is 20.2 Å². The highest BCUT2D eigenvalue weighted by molar-refractivity contribution is 7.99. The minimum atomic E-state index is -4.53. The number of imidazole rings is 1. The van der Waals surface area contributed by atoms with Crippen LogP contribution in [0.4, 0.5) is 19.0 Å². The number of thioether (sulfide) groups is 1. The number of fused-ring (bicyclic) bond motifs is 1. The van der Waals surface area contributed by atoms with Gasteiger partial charge in [0.15, 0.2) is 28.4 Å². The Hall–Kier alpha value is -3.59. The van der Waals surface area contributed by atoms with E-state index in [4.69, 9.17) is 4.74 Å². The first-order chi connectivity index (χ1) is 19.8. The first kappa shape index (κ1) is 33.9. The number of halogens is 3. The number of aliphatic carboxylic acids is 3. The van der Waals surface area contributed by atoms with E-state index >= 15 is 0 Å². The molecule has 0 aliphatic carbocycles. The second-order valence-corrected chi connectivity index (χ2v) is 10.7. The molecule has 0 saturated carbocycles. The number of carbonyl (C=O) groups excluding carboxylic acids is 4. The molecule has 0 aromatic carbocycles. The highest BCUT2D eigenvalue weighted by Crippen LogP contribution is 2.51. The molecule has 1 saturated heterocycles. The first-order valence-electron chi connectivity index (χ1n) is 12.4. The quantitative estimate of drug-likeness (QED) is 0.142. The zero-order valence-electron chi connectivity index (χ0n) is 22.4. The molecule has 5 atom stereocenters. The third-order valence-electron chi connectivity index (χ3n) is 6.66. The number of carbonyl (C=O) groups is 4. The lowest BCUT2D eigenvalue weighted by Gasteiger charge is -2.42. The van der Waals surface area contributed by atoms with Crippen molar-refractivity contribution in [1.82, 2.24) is 19.5 Å². The number of aliphatic hydroxyl groups excluding tert-OH is 1. The Morgan fingerprint density at radius 3 is 2.23 bits per heavy atom. The predicted molar refractivity (Wildman–Crippen MR) is 129 cm³/mol. The molecule has 1 fully saturated rings. The van der Waals surface area contributed by atoms with Gasteiger partial charge < -0.3 is 49.8 Å². The fraction of sp³-hybridized carbons (Fsp3) is 0.609. The van der Waals surface area contributed by atoms with Crippen molar-refractivity contribution in [2.24, 2.45) is 0 Å². The standard InChI is InChI=1S/C23H28F3N5O11S/c1-3-30(10(2)32)17-15-18(29-20(28-17)43-5-4-23(24,25)26)31(9-27-15)19-22(41,8-14(38)39)21(40,7-13(36)37)16(42-19)11(33)6-12(34)35/h9,11,16,19,33,40-41H,3-8H2,1-2H3,(H,34,35)(H,36,37)(H,38,39)/p-3/t11?,16-,19-,21-,22+/m1/s1. The van der Waals surface area contributed by atoms with E-state index in [2.05, 4.69) is 15.0 Å². The van der Waals surface area contributed by atoms with E-state index in [1.165, 1.54) is 0 Å². The molecule has 0 bridgehead atoms. The Labute approximate surface area is 244 Å². The van der Waals surface area contributed by atoms with Gasteiger partial charge >= 0.3 is 6.18 Å². The number of anilines is 1. The maximum absolute atomic E-state index is 12.8. The molecule has 0 spiro atoms. The van der Waals surface area contributed by atoms with Crippen molar-refractivity contribution in [3.63, 3.8) is 0 Å². The topological polar surface area (TPSA) is 254 Å². The molecule has 238 valence electrons. The zero-order valence-corrected chi connectivity index (χ0v) is 23.3. The second-order valence-electron chi connectivity index (χ2n) is 9.63. The number of hydrogen-bond donors (Lipinski definition) is 3. The van der Waals surface area contributed by atoms with Crippen molar-refractivity contribution >= 4 is 52.6 Å². The molecule has 1 aliphatic heterocycles. The Morgan fingerprint density at radius 2 is 1.72 bits per heavy atom. The van der Waals surface area contributed by atoms with Crippen molar-refractivity contribution in [2.45, 2.75) is 80.5 Å². The lowest BCUT2D eigenvalue weighted by atomic mass is 9.73. The van der Waals surface area contributed by atoms with Crippen LogP contribution >= 0.6 is 11.8 Å². The van der Waals surface area contributed by atoms with Gasteiger partial charge in [-0.1, -0.05) is 11.8 Å². The highest BCUT2D eigenvalue weighted by atomic mass is 32.2. The van der Waals surface area contributed by atoms with E-state index in [1.54, 1.807) is 6.92 Å². The molecule has 3 rings (SSSR count). The Bertz CT molecular complexity index is 1410. The summed E-state index contributed by atoms with van der Waals surface area (Å²) >= 11 is 0.525. The molecule has 2 aromatic heterocycles. The molecular weight excluding hydrogens is 611 g/mol. The summed E-state index contributed by atoms with van der Waals surface area (Å²) in [5.74, 6) is -7.31. The average Bonchev–Trinajstić information content (AvgIpc) is 3.34. The molecule has 16 nitrogen and oxygen atoms in total. The van der Waals surface area contributed by atoms with Gasteiger partial charge in [0.05, 0.1) is 18.9 Å². The molecule has 1 amide bonds.